The molecular weight excluding hydrogens is 293 g/mol. The lowest BCUT2D eigenvalue weighted by Crippen LogP contribution is -2.13. The van der Waals surface area contributed by atoms with E-state index < -0.39 is 5.82 Å². The van der Waals surface area contributed by atoms with Crippen molar-refractivity contribution in [3.63, 3.8) is 0 Å². The van der Waals surface area contributed by atoms with Crippen molar-refractivity contribution in [2.75, 3.05) is 12.8 Å². The standard InChI is InChI=1S/C14H15ClFN5/c1-7(2)11(18-3)9-4-8(5-19-13(9)17)12-10(16)6-20-14(15)21-12/h4-7H,1-3H3,(H2,17,19). The van der Waals surface area contributed by atoms with Crippen LogP contribution in [0.1, 0.15) is 19.4 Å². The predicted molar refractivity (Wildman–Crippen MR) is 81.9 cm³/mol. The monoisotopic (exact) mass is 307 g/mol. The van der Waals surface area contributed by atoms with Gasteiger partial charge in [-0.2, -0.15) is 0 Å². The van der Waals surface area contributed by atoms with Crippen molar-refractivity contribution >= 4 is 23.1 Å². The maximum Gasteiger partial charge on any atom is 0.223 e. The van der Waals surface area contributed by atoms with Crippen molar-refractivity contribution in [1.82, 2.24) is 15.0 Å². The third-order valence-electron chi connectivity index (χ3n) is 2.97. The molecule has 0 fully saturated rings. The molecule has 0 aliphatic rings. The van der Waals surface area contributed by atoms with Crippen LogP contribution in [-0.2, 0) is 0 Å². The van der Waals surface area contributed by atoms with Gasteiger partial charge < -0.3 is 5.73 Å². The fourth-order valence-corrected chi connectivity index (χ4v) is 2.18. The summed E-state index contributed by atoms with van der Waals surface area (Å²) in [6.45, 7) is 3.99. The van der Waals surface area contributed by atoms with E-state index in [4.69, 9.17) is 17.3 Å². The zero-order valence-corrected chi connectivity index (χ0v) is 12.7. The normalized spacial score (nSPS) is 12.0. The van der Waals surface area contributed by atoms with E-state index in [0.717, 1.165) is 11.9 Å². The summed E-state index contributed by atoms with van der Waals surface area (Å²) in [6, 6.07) is 1.71. The number of anilines is 1. The third kappa shape index (κ3) is 3.16. The molecule has 2 N–H and O–H groups in total. The molecule has 0 spiro atoms. The van der Waals surface area contributed by atoms with E-state index in [2.05, 4.69) is 19.9 Å². The highest BCUT2D eigenvalue weighted by atomic mass is 35.5. The van der Waals surface area contributed by atoms with Crippen molar-refractivity contribution < 1.29 is 4.39 Å². The molecule has 0 aliphatic heterocycles. The zero-order valence-electron chi connectivity index (χ0n) is 11.9. The van der Waals surface area contributed by atoms with Gasteiger partial charge >= 0.3 is 0 Å². The van der Waals surface area contributed by atoms with Gasteiger partial charge in [-0.15, -0.1) is 0 Å². The molecule has 0 radical (unpaired) electrons. The van der Waals surface area contributed by atoms with Gasteiger partial charge in [-0.3, -0.25) is 4.99 Å². The fourth-order valence-electron chi connectivity index (χ4n) is 2.05. The zero-order chi connectivity index (χ0) is 15.6. The summed E-state index contributed by atoms with van der Waals surface area (Å²) in [4.78, 5) is 15.8. The molecule has 0 amide bonds. The van der Waals surface area contributed by atoms with E-state index in [-0.39, 0.29) is 16.9 Å². The lowest BCUT2D eigenvalue weighted by Gasteiger charge is -2.13. The van der Waals surface area contributed by atoms with Crippen LogP contribution in [0.25, 0.3) is 11.3 Å². The summed E-state index contributed by atoms with van der Waals surface area (Å²) in [7, 11) is 1.68. The van der Waals surface area contributed by atoms with Crippen molar-refractivity contribution in [2.24, 2.45) is 10.9 Å². The number of aliphatic imine (C=N–C) groups is 1. The molecule has 0 saturated carbocycles. The Bertz CT molecular complexity index is 700. The van der Waals surface area contributed by atoms with Gasteiger partial charge in [-0.1, -0.05) is 13.8 Å². The number of hydrogen-bond donors (Lipinski definition) is 1. The lowest BCUT2D eigenvalue weighted by molar-refractivity contribution is 0.618. The molecule has 2 heterocycles. The van der Waals surface area contributed by atoms with Gasteiger partial charge in [-0.05, 0) is 23.6 Å². The Labute approximate surface area is 127 Å². The Morgan fingerprint density at radius 3 is 2.67 bits per heavy atom. The Kier molecular flexibility index (Phi) is 4.47. The van der Waals surface area contributed by atoms with Gasteiger partial charge in [0.2, 0.25) is 5.28 Å². The van der Waals surface area contributed by atoms with Gasteiger partial charge in [0.25, 0.3) is 0 Å². The second-order valence-corrected chi connectivity index (χ2v) is 5.09. The largest absolute Gasteiger partial charge is 0.383 e. The molecule has 0 aromatic carbocycles. The van der Waals surface area contributed by atoms with Crippen LogP contribution in [0.15, 0.2) is 23.5 Å². The molecule has 0 bridgehead atoms. The van der Waals surface area contributed by atoms with Gasteiger partial charge in [0.15, 0.2) is 5.82 Å². The first-order valence-corrected chi connectivity index (χ1v) is 6.72. The maximum absolute atomic E-state index is 13.9. The first kappa shape index (κ1) is 15.3. The molecule has 5 nitrogen and oxygen atoms in total. The predicted octanol–water partition coefficient (Wildman–Crippen LogP) is 2.99. The van der Waals surface area contributed by atoms with E-state index in [0.29, 0.717) is 16.9 Å². The molecule has 110 valence electrons. The van der Waals surface area contributed by atoms with Crippen LogP contribution in [-0.4, -0.2) is 27.7 Å². The molecule has 0 atom stereocenters. The minimum absolute atomic E-state index is 0.0296. The summed E-state index contributed by atoms with van der Waals surface area (Å²) in [5.74, 6) is -0.0711. The van der Waals surface area contributed by atoms with Gasteiger partial charge in [-0.25, -0.2) is 19.3 Å². The Morgan fingerprint density at radius 1 is 1.33 bits per heavy atom. The van der Waals surface area contributed by atoms with Crippen molar-refractivity contribution in [2.45, 2.75) is 13.8 Å². The van der Waals surface area contributed by atoms with Crippen LogP contribution in [0.2, 0.25) is 5.28 Å². The maximum atomic E-state index is 13.9. The molecule has 0 saturated heterocycles. The minimum Gasteiger partial charge on any atom is -0.383 e. The third-order valence-corrected chi connectivity index (χ3v) is 3.15. The molecule has 0 aliphatic carbocycles. The second kappa shape index (κ2) is 6.13. The summed E-state index contributed by atoms with van der Waals surface area (Å²) in [6.07, 6.45) is 2.48. The van der Waals surface area contributed by atoms with Crippen molar-refractivity contribution in [1.29, 1.82) is 0 Å². The number of aromatic nitrogens is 3. The number of hydrogen-bond acceptors (Lipinski definition) is 5. The van der Waals surface area contributed by atoms with Crippen LogP contribution in [0.5, 0.6) is 0 Å². The lowest BCUT2D eigenvalue weighted by atomic mass is 9.98. The first-order chi connectivity index (χ1) is 9.93. The molecule has 21 heavy (non-hydrogen) atoms. The van der Waals surface area contributed by atoms with Gasteiger partial charge in [0.05, 0.1) is 6.20 Å². The van der Waals surface area contributed by atoms with E-state index in [1.165, 1.54) is 6.20 Å². The fraction of sp³-hybridized carbons (Fsp3) is 0.286. The van der Waals surface area contributed by atoms with Crippen LogP contribution in [0.4, 0.5) is 10.2 Å². The highest BCUT2D eigenvalue weighted by Crippen LogP contribution is 2.25. The number of rotatable bonds is 3. The van der Waals surface area contributed by atoms with E-state index in [9.17, 15) is 4.39 Å². The topological polar surface area (TPSA) is 77.0 Å². The van der Waals surface area contributed by atoms with Crippen LogP contribution >= 0.6 is 11.6 Å². The van der Waals surface area contributed by atoms with E-state index in [1.807, 2.05) is 13.8 Å². The van der Waals surface area contributed by atoms with E-state index >= 15 is 0 Å². The number of pyridine rings is 1. The van der Waals surface area contributed by atoms with E-state index in [1.54, 1.807) is 13.1 Å². The number of halogens is 2. The van der Waals surface area contributed by atoms with Gasteiger partial charge in [0, 0.05) is 30.1 Å². The first-order valence-electron chi connectivity index (χ1n) is 6.35. The molecule has 2 aromatic rings. The number of nitrogens with zero attached hydrogens (tertiary/aromatic N) is 4. The molecule has 2 rings (SSSR count). The Morgan fingerprint density at radius 2 is 2.05 bits per heavy atom. The number of nitrogen functional groups attached to an aromatic ring is 1. The highest BCUT2D eigenvalue weighted by molar-refractivity contribution is 6.28. The Balaban J connectivity index is 2.60. The van der Waals surface area contributed by atoms with Crippen molar-refractivity contribution in [3.8, 4) is 11.3 Å². The van der Waals surface area contributed by atoms with Crippen LogP contribution in [0.3, 0.4) is 0 Å². The highest BCUT2D eigenvalue weighted by Gasteiger charge is 2.16. The summed E-state index contributed by atoms with van der Waals surface area (Å²) in [5, 5.41) is -0.0296. The molecule has 7 heteroatoms. The smallest absolute Gasteiger partial charge is 0.223 e. The minimum atomic E-state index is -0.573. The van der Waals surface area contributed by atoms with Crippen LogP contribution < -0.4 is 5.73 Å². The molecule has 2 aromatic heterocycles. The Hall–Kier alpha value is -2.08. The SMILES string of the molecule is CN=C(c1cc(-c2nc(Cl)ncc2F)cnc1N)C(C)C. The quantitative estimate of drug-likeness (QED) is 0.698. The summed E-state index contributed by atoms with van der Waals surface area (Å²) in [5.41, 5.74) is 7.93. The molecular formula is C14H15ClFN5. The average Bonchev–Trinajstić information content (AvgIpc) is 2.44. The molecule has 0 unspecified atom stereocenters. The number of nitrogens with two attached hydrogens (primary N) is 1. The average molecular weight is 308 g/mol. The summed E-state index contributed by atoms with van der Waals surface area (Å²) < 4.78 is 13.9. The van der Waals surface area contributed by atoms with Crippen LogP contribution in [0, 0.1) is 11.7 Å². The second-order valence-electron chi connectivity index (χ2n) is 4.76. The van der Waals surface area contributed by atoms with Crippen molar-refractivity contribution in [3.05, 3.63) is 35.1 Å². The summed E-state index contributed by atoms with van der Waals surface area (Å²) >= 11 is 5.72. The van der Waals surface area contributed by atoms with Gasteiger partial charge in [0.1, 0.15) is 11.5 Å².